The summed E-state index contributed by atoms with van der Waals surface area (Å²) < 4.78 is 7.16. The molecule has 1 saturated carbocycles. The molecule has 174 valence electrons. The standard InChI is InChI=1S/C27H27N3O3S/c1-17-9-12-25(34-17)24(31)15-18-6-5-7-20(14-18)30-23-11-10-19(27(32)33-2)16-22(23)29-26(30)21-8-3-4-13-28-21/h3-4,8-13,16,18,20H,5-7,14-15H2,1-2H3/t18-,20+/m0/s1. The van der Waals surface area contributed by atoms with Gasteiger partial charge in [0.15, 0.2) is 11.6 Å². The second-order valence-corrected chi connectivity index (χ2v) is 10.2. The zero-order valence-corrected chi connectivity index (χ0v) is 20.2. The maximum atomic E-state index is 12.9. The van der Waals surface area contributed by atoms with Crippen molar-refractivity contribution in [1.82, 2.24) is 14.5 Å². The first-order valence-corrected chi connectivity index (χ1v) is 12.5. The number of rotatable bonds is 6. The van der Waals surface area contributed by atoms with Crippen LogP contribution in [-0.4, -0.2) is 33.4 Å². The van der Waals surface area contributed by atoms with Gasteiger partial charge in [-0.05, 0) is 74.6 Å². The van der Waals surface area contributed by atoms with Crippen LogP contribution in [0.2, 0.25) is 0 Å². The lowest BCUT2D eigenvalue weighted by Crippen LogP contribution is -2.22. The smallest absolute Gasteiger partial charge is 0.337 e. The zero-order chi connectivity index (χ0) is 23.7. The van der Waals surface area contributed by atoms with Gasteiger partial charge in [0.05, 0.1) is 28.6 Å². The van der Waals surface area contributed by atoms with Gasteiger partial charge < -0.3 is 9.30 Å². The quantitative estimate of drug-likeness (QED) is 0.244. The van der Waals surface area contributed by atoms with E-state index < -0.39 is 0 Å². The molecule has 0 aliphatic heterocycles. The molecule has 1 fully saturated rings. The van der Waals surface area contributed by atoms with Gasteiger partial charge >= 0.3 is 5.97 Å². The van der Waals surface area contributed by atoms with Gasteiger partial charge in [0.2, 0.25) is 0 Å². The number of aryl methyl sites for hydroxylation is 1. The van der Waals surface area contributed by atoms with Gasteiger partial charge in [0.25, 0.3) is 0 Å². The average molecular weight is 474 g/mol. The van der Waals surface area contributed by atoms with E-state index in [-0.39, 0.29) is 17.8 Å². The molecule has 0 unspecified atom stereocenters. The number of aromatic nitrogens is 3. The van der Waals surface area contributed by atoms with Gasteiger partial charge in [-0.3, -0.25) is 9.78 Å². The van der Waals surface area contributed by atoms with Crippen LogP contribution < -0.4 is 0 Å². The van der Waals surface area contributed by atoms with Crippen molar-refractivity contribution in [2.45, 2.75) is 45.1 Å². The van der Waals surface area contributed by atoms with Crippen LogP contribution in [0.15, 0.2) is 54.7 Å². The number of methoxy groups -OCH3 is 1. The molecule has 3 aromatic heterocycles. The number of hydrogen-bond donors (Lipinski definition) is 0. The summed E-state index contributed by atoms with van der Waals surface area (Å²) in [6, 6.07) is 15.5. The fourth-order valence-electron chi connectivity index (χ4n) is 5.02. The van der Waals surface area contributed by atoms with E-state index in [1.807, 2.05) is 43.3 Å². The maximum Gasteiger partial charge on any atom is 0.337 e. The zero-order valence-electron chi connectivity index (χ0n) is 19.4. The molecular formula is C27H27N3O3S. The molecule has 0 amide bonds. The number of benzene rings is 1. The summed E-state index contributed by atoms with van der Waals surface area (Å²) in [5, 5.41) is 0. The molecule has 1 aliphatic rings. The molecule has 1 aliphatic carbocycles. The van der Waals surface area contributed by atoms with Crippen molar-refractivity contribution in [1.29, 1.82) is 0 Å². The highest BCUT2D eigenvalue weighted by Crippen LogP contribution is 2.39. The summed E-state index contributed by atoms with van der Waals surface area (Å²) in [4.78, 5) is 36.5. The Balaban J connectivity index is 1.49. The molecule has 3 heterocycles. The van der Waals surface area contributed by atoms with E-state index in [2.05, 4.69) is 9.55 Å². The minimum atomic E-state index is -0.379. The Labute approximate surface area is 202 Å². The molecule has 4 aromatic rings. The van der Waals surface area contributed by atoms with Crippen molar-refractivity contribution >= 4 is 34.1 Å². The van der Waals surface area contributed by atoms with Crippen LogP contribution in [0, 0.1) is 12.8 Å². The summed E-state index contributed by atoms with van der Waals surface area (Å²) in [5.41, 5.74) is 2.99. The minimum Gasteiger partial charge on any atom is -0.465 e. The van der Waals surface area contributed by atoms with Gasteiger partial charge in [-0.25, -0.2) is 9.78 Å². The van der Waals surface area contributed by atoms with Crippen LogP contribution in [0.5, 0.6) is 0 Å². The monoisotopic (exact) mass is 473 g/mol. The second-order valence-electron chi connectivity index (χ2n) is 8.94. The summed E-state index contributed by atoms with van der Waals surface area (Å²) in [5.74, 6) is 0.989. The van der Waals surface area contributed by atoms with Gasteiger partial charge in [-0.15, -0.1) is 11.3 Å². The predicted molar refractivity (Wildman–Crippen MR) is 133 cm³/mol. The van der Waals surface area contributed by atoms with E-state index in [1.165, 1.54) is 12.0 Å². The van der Waals surface area contributed by atoms with E-state index >= 15 is 0 Å². The van der Waals surface area contributed by atoms with Crippen molar-refractivity contribution < 1.29 is 14.3 Å². The molecule has 0 spiro atoms. The number of esters is 1. The molecule has 6 nitrogen and oxygen atoms in total. The van der Waals surface area contributed by atoms with E-state index in [0.717, 1.165) is 53.1 Å². The van der Waals surface area contributed by atoms with Crippen molar-refractivity contribution in [3.05, 3.63) is 70.0 Å². The highest BCUT2D eigenvalue weighted by atomic mass is 32.1. The summed E-state index contributed by atoms with van der Waals surface area (Å²) in [6.45, 7) is 2.03. The van der Waals surface area contributed by atoms with E-state index in [1.54, 1.807) is 29.7 Å². The predicted octanol–water partition coefficient (Wildman–Crippen LogP) is 6.26. The van der Waals surface area contributed by atoms with Gasteiger partial charge in [0, 0.05) is 23.5 Å². The second kappa shape index (κ2) is 9.50. The van der Waals surface area contributed by atoms with Crippen LogP contribution in [0.4, 0.5) is 0 Å². The SMILES string of the molecule is COC(=O)c1ccc2c(c1)nc(-c1ccccn1)n2[C@@H]1CCC[C@H](CC(=O)c2ccc(C)s2)C1. The molecule has 1 aromatic carbocycles. The molecule has 0 saturated heterocycles. The number of ether oxygens (including phenoxy) is 1. The van der Waals surface area contributed by atoms with Gasteiger partial charge in [-0.2, -0.15) is 0 Å². The van der Waals surface area contributed by atoms with Crippen molar-refractivity contribution in [3.8, 4) is 11.5 Å². The molecule has 2 atom stereocenters. The topological polar surface area (TPSA) is 74.1 Å². The fourth-order valence-corrected chi connectivity index (χ4v) is 5.83. The summed E-state index contributed by atoms with van der Waals surface area (Å²) in [7, 11) is 1.38. The Morgan fingerprint density at radius 1 is 1.15 bits per heavy atom. The van der Waals surface area contributed by atoms with E-state index in [0.29, 0.717) is 17.9 Å². The van der Waals surface area contributed by atoms with Crippen LogP contribution >= 0.6 is 11.3 Å². The maximum absolute atomic E-state index is 12.9. The lowest BCUT2D eigenvalue weighted by Gasteiger charge is -2.31. The summed E-state index contributed by atoms with van der Waals surface area (Å²) in [6.07, 6.45) is 6.41. The van der Waals surface area contributed by atoms with Gasteiger partial charge in [0.1, 0.15) is 5.69 Å². The number of carbonyl (C=O) groups excluding carboxylic acids is 2. The molecule has 0 radical (unpaired) electrons. The fraction of sp³-hybridized carbons (Fsp3) is 0.333. The largest absolute Gasteiger partial charge is 0.465 e. The molecule has 7 heteroatoms. The van der Waals surface area contributed by atoms with Crippen LogP contribution in [-0.2, 0) is 4.74 Å². The Kier molecular flexibility index (Phi) is 6.28. The Morgan fingerprint density at radius 3 is 2.76 bits per heavy atom. The lowest BCUT2D eigenvalue weighted by molar-refractivity contribution is 0.0600. The average Bonchev–Trinajstić information content (AvgIpc) is 3.47. The Bertz CT molecular complexity index is 1340. The number of pyridine rings is 1. The summed E-state index contributed by atoms with van der Waals surface area (Å²) >= 11 is 1.58. The number of nitrogens with zero attached hydrogens (tertiary/aromatic N) is 3. The van der Waals surface area contributed by atoms with Gasteiger partial charge in [-0.1, -0.05) is 12.5 Å². The van der Waals surface area contributed by atoms with E-state index in [4.69, 9.17) is 9.72 Å². The number of thiophene rings is 1. The van der Waals surface area contributed by atoms with E-state index in [9.17, 15) is 9.59 Å². The third-order valence-corrected chi connectivity index (χ3v) is 7.66. The number of Topliss-reactive ketones (excluding diaryl/α,β-unsaturated/α-hetero) is 1. The molecule has 34 heavy (non-hydrogen) atoms. The molecule has 5 rings (SSSR count). The van der Waals surface area contributed by atoms with Crippen molar-refractivity contribution in [2.75, 3.05) is 7.11 Å². The number of carbonyl (C=O) groups is 2. The third-order valence-electron chi connectivity index (χ3n) is 6.61. The first-order valence-electron chi connectivity index (χ1n) is 11.6. The van der Waals surface area contributed by atoms with Crippen LogP contribution in [0.1, 0.15) is 63.1 Å². The highest BCUT2D eigenvalue weighted by molar-refractivity contribution is 7.14. The van der Waals surface area contributed by atoms with Crippen molar-refractivity contribution in [2.24, 2.45) is 5.92 Å². The first kappa shape index (κ1) is 22.5. The Hall–Kier alpha value is -3.32. The number of ketones is 1. The number of hydrogen-bond acceptors (Lipinski definition) is 6. The highest BCUT2D eigenvalue weighted by Gasteiger charge is 2.29. The number of imidazole rings is 1. The normalized spacial score (nSPS) is 18.2. The number of fused-ring (bicyclic) bond motifs is 1. The van der Waals surface area contributed by atoms with Crippen LogP contribution in [0.25, 0.3) is 22.6 Å². The van der Waals surface area contributed by atoms with Crippen LogP contribution in [0.3, 0.4) is 0 Å². The molecular weight excluding hydrogens is 446 g/mol. The first-order chi connectivity index (χ1) is 16.5. The minimum absolute atomic E-state index is 0.211. The molecule has 0 bridgehead atoms. The lowest BCUT2D eigenvalue weighted by atomic mass is 9.82. The molecule has 0 N–H and O–H groups in total. The Morgan fingerprint density at radius 2 is 2.03 bits per heavy atom. The van der Waals surface area contributed by atoms with Crippen molar-refractivity contribution in [3.63, 3.8) is 0 Å². The third kappa shape index (κ3) is 4.40.